The van der Waals surface area contributed by atoms with Gasteiger partial charge in [0.15, 0.2) is 0 Å². The molecule has 5 nitrogen and oxygen atoms in total. The molecular formula is C19H25ClN2O3. The number of benzene rings is 1. The van der Waals surface area contributed by atoms with Gasteiger partial charge in [0.25, 0.3) is 0 Å². The quantitative estimate of drug-likeness (QED) is 0.808. The number of ether oxygens (including phenoxy) is 1. The molecule has 1 aliphatic carbocycles. The van der Waals surface area contributed by atoms with Gasteiger partial charge in [0.05, 0.1) is 6.42 Å². The molecule has 0 atom stereocenters. The Morgan fingerprint density at radius 3 is 2.44 bits per heavy atom. The number of hydrogen-bond donors (Lipinski definition) is 1. The molecule has 1 aromatic carbocycles. The van der Waals surface area contributed by atoms with Crippen LogP contribution in [-0.2, 0) is 20.7 Å². The summed E-state index contributed by atoms with van der Waals surface area (Å²) in [6.07, 6.45) is 4.10. The first kappa shape index (κ1) is 18.2. The third-order valence-corrected chi connectivity index (χ3v) is 5.05. The zero-order valence-electron chi connectivity index (χ0n) is 14.4. The van der Waals surface area contributed by atoms with Crippen LogP contribution in [-0.4, -0.2) is 49.1 Å². The molecule has 0 radical (unpaired) electrons. The van der Waals surface area contributed by atoms with Crippen molar-refractivity contribution in [1.82, 2.24) is 10.2 Å². The van der Waals surface area contributed by atoms with Crippen molar-refractivity contribution in [3.63, 3.8) is 0 Å². The van der Waals surface area contributed by atoms with E-state index in [0.29, 0.717) is 37.7 Å². The normalized spacial score (nSPS) is 18.0. The first-order valence-electron chi connectivity index (χ1n) is 9.03. The summed E-state index contributed by atoms with van der Waals surface area (Å²) in [5.74, 6) is 0.416. The van der Waals surface area contributed by atoms with E-state index in [2.05, 4.69) is 5.32 Å². The molecule has 0 unspecified atom stereocenters. The summed E-state index contributed by atoms with van der Waals surface area (Å²) in [6, 6.07) is 7.52. The molecule has 0 spiro atoms. The molecule has 3 rings (SSSR count). The number of hydrogen-bond acceptors (Lipinski definition) is 3. The molecule has 0 bridgehead atoms. The topological polar surface area (TPSA) is 58.6 Å². The fourth-order valence-electron chi connectivity index (χ4n) is 3.20. The maximum Gasteiger partial charge on any atom is 0.225 e. The molecule has 1 aliphatic heterocycles. The first-order valence-corrected chi connectivity index (χ1v) is 9.40. The molecule has 25 heavy (non-hydrogen) atoms. The summed E-state index contributed by atoms with van der Waals surface area (Å²) >= 11 is 5.85. The average molecular weight is 365 g/mol. The number of carbonyl (C=O) groups excluding carboxylic acids is 2. The van der Waals surface area contributed by atoms with E-state index in [9.17, 15) is 9.59 Å². The lowest BCUT2D eigenvalue weighted by molar-refractivity contribution is -0.137. The van der Waals surface area contributed by atoms with E-state index in [1.807, 2.05) is 17.0 Å². The summed E-state index contributed by atoms with van der Waals surface area (Å²) in [4.78, 5) is 26.6. The molecule has 1 aromatic rings. The Morgan fingerprint density at radius 1 is 1.12 bits per heavy atom. The number of amides is 2. The van der Waals surface area contributed by atoms with Gasteiger partial charge in [-0.2, -0.15) is 0 Å². The van der Waals surface area contributed by atoms with E-state index in [1.54, 1.807) is 12.1 Å². The van der Waals surface area contributed by atoms with Crippen molar-refractivity contribution in [1.29, 1.82) is 0 Å². The van der Waals surface area contributed by atoms with Gasteiger partial charge in [-0.15, -0.1) is 0 Å². The van der Waals surface area contributed by atoms with E-state index < -0.39 is 0 Å². The lowest BCUT2D eigenvalue weighted by atomic mass is 10.1. The highest BCUT2D eigenvalue weighted by Gasteiger charge is 2.36. The van der Waals surface area contributed by atoms with Gasteiger partial charge in [-0.1, -0.05) is 23.7 Å². The highest BCUT2D eigenvalue weighted by molar-refractivity contribution is 6.30. The highest BCUT2D eigenvalue weighted by Crippen LogP contribution is 2.32. The molecule has 1 N–H and O–H groups in total. The highest BCUT2D eigenvalue weighted by atomic mass is 35.5. The van der Waals surface area contributed by atoms with E-state index in [-0.39, 0.29) is 23.8 Å². The van der Waals surface area contributed by atoms with Crippen LogP contribution in [0.25, 0.3) is 0 Å². The summed E-state index contributed by atoms with van der Waals surface area (Å²) < 4.78 is 5.41. The Kier molecular flexibility index (Phi) is 6.32. The maximum absolute atomic E-state index is 12.6. The van der Waals surface area contributed by atoms with Gasteiger partial charge in [-0.05, 0) is 43.4 Å². The van der Waals surface area contributed by atoms with Crippen LogP contribution in [0.5, 0.6) is 0 Å². The molecule has 136 valence electrons. The number of rotatable bonds is 7. The van der Waals surface area contributed by atoms with E-state index in [1.165, 1.54) is 0 Å². The van der Waals surface area contributed by atoms with Gasteiger partial charge in [0, 0.05) is 43.3 Å². The Bertz CT molecular complexity index is 595. The fourth-order valence-corrected chi connectivity index (χ4v) is 3.33. The zero-order chi connectivity index (χ0) is 17.6. The van der Waals surface area contributed by atoms with Gasteiger partial charge in [0.1, 0.15) is 0 Å². The number of carbonyl (C=O) groups is 2. The second-order valence-electron chi connectivity index (χ2n) is 6.80. The third-order valence-electron chi connectivity index (χ3n) is 4.79. The van der Waals surface area contributed by atoms with Crippen molar-refractivity contribution >= 4 is 23.4 Å². The third kappa shape index (κ3) is 5.44. The van der Waals surface area contributed by atoms with Crippen LogP contribution in [0.4, 0.5) is 0 Å². The molecular weight excluding hydrogens is 340 g/mol. The molecule has 2 fully saturated rings. The Hall–Kier alpha value is -1.59. The van der Waals surface area contributed by atoms with Gasteiger partial charge < -0.3 is 15.0 Å². The molecule has 2 aliphatic rings. The van der Waals surface area contributed by atoms with E-state index in [4.69, 9.17) is 16.3 Å². The predicted octanol–water partition coefficient (Wildman–Crippen LogP) is 2.42. The second kappa shape index (κ2) is 8.68. The van der Waals surface area contributed by atoms with Crippen molar-refractivity contribution < 1.29 is 14.3 Å². The van der Waals surface area contributed by atoms with Crippen LogP contribution < -0.4 is 5.32 Å². The van der Waals surface area contributed by atoms with Crippen molar-refractivity contribution in [3.8, 4) is 0 Å². The summed E-state index contributed by atoms with van der Waals surface area (Å²) in [7, 11) is 0. The molecule has 2 amide bonds. The molecule has 1 saturated carbocycles. The second-order valence-corrected chi connectivity index (χ2v) is 7.24. The van der Waals surface area contributed by atoms with Crippen LogP contribution >= 0.6 is 11.6 Å². The lowest BCUT2D eigenvalue weighted by Crippen LogP contribution is -2.47. The average Bonchev–Trinajstić information content (AvgIpc) is 3.46. The summed E-state index contributed by atoms with van der Waals surface area (Å²) in [5, 5.41) is 3.59. The minimum atomic E-state index is -0.0341. The minimum absolute atomic E-state index is 0.0341. The van der Waals surface area contributed by atoms with Crippen LogP contribution in [0.15, 0.2) is 24.3 Å². The molecule has 1 saturated heterocycles. The monoisotopic (exact) mass is 364 g/mol. The van der Waals surface area contributed by atoms with Gasteiger partial charge in [0.2, 0.25) is 11.8 Å². The lowest BCUT2D eigenvalue weighted by Gasteiger charge is -2.34. The molecule has 0 aromatic heterocycles. The molecule has 6 heteroatoms. The number of nitrogens with zero attached hydrogens (tertiary/aromatic N) is 1. The maximum atomic E-state index is 12.6. The summed E-state index contributed by atoms with van der Waals surface area (Å²) in [6.45, 7) is 2.48. The van der Waals surface area contributed by atoms with Crippen LogP contribution in [0.2, 0.25) is 5.02 Å². The fraction of sp³-hybridized carbons (Fsp3) is 0.579. The Morgan fingerprint density at radius 2 is 1.80 bits per heavy atom. The first-order chi connectivity index (χ1) is 12.1. The van der Waals surface area contributed by atoms with Crippen LogP contribution in [0.3, 0.4) is 0 Å². The Balaban J connectivity index is 1.47. The largest absolute Gasteiger partial charge is 0.381 e. The van der Waals surface area contributed by atoms with Gasteiger partial charge in [-0.25, -0.2) is 0 Å². The van der Waals surface area contributed by atoms with Crippen molar-refractivity contribution in [2.45, 2.75) is 38.1 Å². The van der Waals surface area contributed by atoms with Crippen LogP contribution in [0.1, 0.15) is 31.2 Å². The minimum Gasteiger partial charge on any atom is -0.381 e. The van der Waals surface area contributed by atoms with E-state index >= 15 is 0 Å². The van der Waals surface area contributed by atoms with Crippen molar-refractivity contribution in [2.75, 3.05) is 26.3 Å². The standard InChI is InChI=1S/C19H25ClN2O3/c20-16-5-1-14(2-6-16)13-18(23)21-9-10-22(19(24)15-3-4-15)17-7-11-25-12-8-17/h1-2,5-6,15,17H,3-4,7-13H2,(H,21,23). The van der Waals surface area contributed by atoms with Crippen molar-refractivity contribution in [2.24, 2.45) is 5.92 Å². The number of halogens is 1. The van der Waals surface area contributed by atoms with Gasteiger partial charge in [-0.3, -0.25) is 9.59 Å². The zero-order valence-corrected chi connectivity index (χ0v) is 15.1. The SMILES string of the molecule is O=C(Cc1ccc(Cl)cc1)NCCN(C(=O)C1CC1)C1CCOCC1. The predicted molar refractivity (Wildman–Crippen MR) is 96.4 cm³/mol. The Labute approximate surface area is 153 Å². The van der Waals surface area contributed by atoms with Crippen molar-refractivity contribution in [3.05, 3.63) is 34.9 Å². The molecule has 1 heterocycles. The van der Waals surface area contributed by atoms with Gasteiger partial charge >= 0.3 is 0 Å². The number of nitrogens with one attached hydrogen (secondary N) is 1. The smallest absolute Gasteiger partial charge is 0.225 e. The van der Waals surface area contributed by atoms with E-state index in [0.717, 1.165) is 31.2 Å². The summed E-state index contributed by atoms with van der Waals surface area (Å²) in [5.41, 5.74) is 0.928. The van der Waals surface area contributed by atoms with Crippen LogP contribution in [0, 0.1) is 5.92 Å².